The summed E-state index contributed by atoms with van der Waals surface area (Å²) in [5, 5.41) is 9.09. The predicted molar refractivity (Wildman–Crippen MR) is 70.6 cm³/mol. The molecule has 96 valence electrons. The topological polar surface area (TPSA) is 57.6 Å². The second kappa shape index (κ2) is 5.10. The molecule has 0 spiro atoms. The molecule has 1 heterocycles. The van der Waals surface area contributed by atoms with Crippen molar-refractivity contribution in [2.45, 2.75) is 25.8 Å². The maximum absolute atomic E-state index is 12.3. The van der Waals surface area contributed by atoms with E-state index in [0.717, 1.165) is 16.5 Å². The number of carboxylic acid groups (broad SMARTS) is 1. The van der Waals surface area contributed by atoms with Crippen molar-refractivity contribution in [3.8, 4) is 0 Å². The second-order valence-electron chi connectivity index (χ2n) is 4.45. The molecule has 2 rings (SSSR count). The third kappa shape index (κ3) is 2.41. The van der Waals surface area contributed by atoms with Crippen molar-refractivity contribution in [3.05, 3.63) is 33.8 Å². The van der Waals surface area contributed by atoms with Crippen molar-refractivity contribution < 1.29 is 14.7 Å². The van der Waals surface area contributed by atoms with Gasteiger partial charge in [0.2, 0.25) is 0 Å². The maximum atomic E-state index is 12.3. The van der Waals surface area contributed by atoms with Crippen molar-refractivity contribution >= 4 is 27.8 Å². The normalized spacial score (nSPS) is 19.0. The van der Waals surface area contributed by atoms with Crippen LogP contribution in [0, 0.1) is 6.92 Å². The van der Waals surface area contributed by atoms with Gasteiger partial charge >= 0.3 is 5.97 Å². The molecule has 0 unspecified atom stereocenters. The van der Waals surface area contributed by atoms with Gasteiger partial charge in [0.1, 0.15) is 6.04 Å². The van der Waals surface area contributed by atoms with Crippen molar-refractivity contribution in [2.24, 2.45) is 0 Å². The second-order valence-corrected chi connectivity index (χ2v) is 5.37. The van der Waals surface area contributed by atoms with Crippen LogP contribution in [-0.2, 0) is 4.79 Å². The molecule has 1 aliphatic rings. The summed E-state index contributed by atoms with van der Waals surface area (Å²) in [6, 6.07) is 4.71. The van der Waals surface area contributed by atoms with E-state index in [2.05, 4.69) is 15.9 Å². The summed E-state index contributed by atoms with van der Waals surface area (Å²) in [5.74, 6) is -1.11. The van der Waals surface area contributed by atoms with Gasteiger partial charge in [-0.25, -0.2) is 4.79 Å². The highest BCUT2D eigenvalue weighted by Crippen LogP contribution is 2.23. The lowest BCUT2D eigenvalue weighted by Gasteiger charge is -2.22. The van der Waals surface area contributed by atoms with E-state index in [-0.39, 0.29) is 5.91 Å². The van der Waals surface area contributed by atoms with E-state index < -0.39 is 12.0 Å². The summed E-state index contributed by atoms with van der Waals surface area (Å²) >= 11 is 3.34. The first-order valence-electron chi connectivity index (χ1n) is 5.80. The van der Waals surface area contributed by atoms with Gasteiger partial charge in [-0.1, -0.05) is 15.9 Å². The molecule has 0 aromatic heterocycles. The third-order valence-corrected chi connectivity index (χ3v) is 3.71. The van der Waals surface area contributed by atoms with Crippen LogP contribution in [0.25, 0.3) is 0 Å². The minimum absolute atomic E-state index is 0.190. The first-order valence-corrected chi connectivity index (χ1v) is 6.60. The Bertz CT molecular complexity index is 501. The van der Waals surface area contributed by atoms with E-state index in [0.29, 0.717) is 18.5 Å². The van der Waals surface area contributed by atoms with Crippen LogP contribution in [0.5, 0.6) is 0 Å². The molecule has 0 bridgehead atoms. The zero-order valence-electron chi connectivity index (χ0n) is 10.0. The van der Waals surface area contributed by atoms with Crippen molar-refractivity contribution in [3.63, 3.8) is 0 Å². The van der Waals surface area contributed by atoms with Gasteiger partial charge in [0.15, 0.2) is 0 Å². The summed E-state index contributed by atoms with van der Waals surface area (Å²) in [5.41, 5.74) is 1.43. The van der Waals surface area contributed by atoms with Crippen LogP contribution in [0.3, 0.4) is 0 Å². The fourth-order valence-corrected chi connectivity index (χ4v) is 2.76. The fourth-order valence-electron chi connectivity index (χ4n) is 2.29. The third-order valence-electron chi connectivity index (χ3n) is 3.22. The van der Waals surface area contributed by atoms with E-state index in [1.165, 1.54) is 4.90 Å². The Morgan fingerprint density at radius 1 is 1.44 bits per heavy atom. The van der Waals surface area contributed by atoms with Gasteiger partial charge in [0, 0.05) is 16.6 Å². The zero-order chi connectivity index (χ0) is 13.3. The summed E-state index contributed by atoms with van der Waals surface area (Å²) in [6.07, 6.45) is 1.29. The minimum Gasteiger partial charge on any atom is -0.480 e. The Balaban J connectivity index is 2.28. The van der Waals surface area contributed by atoms with Gasteiger partial charge in [-0.05, 0) is 43.5 Å². The number of aryl methyl sites for hydroxylation is 1. The molecule has 0 radical (unpaired) electrons. The lowest BCUT2D eigenvalue weighted by Crippen LogP contribution is -2.40. The van der Waals surface area contributed by atoms with Gasteiger partial charge in [0.25, 0.3) is 5.91 Å². The van der Waals surface area contributed by atoms with Crippen LogP contribution in [0.15, 0.2) is 22.7 Å². The Hall–Kier alpha value is -1.36. The summed E-state index contributed by atoms with van der Waals surface area (Å²) in [6.45, 7) is 2.37. The number of carboxylic acids is 1. The molecule has 1 saturated heterocycles. The van der Waals surface area contributed by atoms with E-state index >= 15 is 0 Å². The molecule has 1 fully saturated rings. The number of likely N-dealkylation sites (tertiary alicyclic amines) is 1. The molecule has 1 atom stereocenters. The van der Waals surface area contributed by atoms with Crippen LogP contribution in [0.2, 0.25) is 0 Å². The van der Waals surface area contributed by atoms with Gasteiger partial charge in [0.05, 0.1) is 0 Å². The number of hydrogen-bond acceptors (Lipinski definition) is 2. The molecule has 18 heavy (non-hydrogen) atoms. The lowest BCUT2D eigenvalue weighted by atomic mass is 10.1. The SMILES string of the molecule is Cc1cc(Br)ccc1C(=O)N1CCC[C@@H]1C(=O)O. The van der Waals surface area contributed by atoms with Crippen LogP contribution in [0.1, 0.15) is 28.8 Å². The first-order chi connectivity index (χ1) is 8.50. The number of carbonyl (C=O) groups excluding carboxylic acids is 1. The van der Waals surface area contributed by atoms with E-state index in [1.807, 2.05) is 13.0 Å². The lowest BCUT2D eigenvalue weighted by molar-refractivity contribution is -0.141. The van der Waals surface area contributed by atoms with Crippen LogP contribution in [0.4, 0.5) is 0 Å². The molecular formula is C13H14BrNO3. The van der Waals surface area contributed by atoms with E-state index in [1.54, 1.807) is 12.1 Å². The number of hydrogen-bond donors (Lipinski definition) is 1. The van der Waals surface area contributed by atoms with Crippen LogP contribution >= 0.6 is 15.9 Å². The molecule has 0 saturated carbocycles. The molecule has 5 heteroatoms. The Kier molecular flexibility index (Phi) is 3.71. The molecular weight excluding hydrogens is 298 g/mol. The molecule has 4 nitrogen and oxygen atoms in total. The summed E-state index contributed by atoms with van der Waals surface area (Å²) in [7, 11) is 0. The van der Waals surface area contributed by atoms with Crippen LogP contribution in [-0.4, -0.2) is 34.5 Å². The molecule has 0 aliphatic carbocycles. The van der Waals surface area contributed by atoms with Gasteiger partial charge in [-0.15, -0.1) is 0 Å². The highest BCUT2D eigenvalue weighted by atomic mass is 79.9. The van der Waals surface area contributed by atoms with Crippen molar-refractivity contribution in [1.82, 2.24) is 4.90 Å². The largest absolute Gasteiger partial charge is 0.480 e. The molecule has 1 aromatic rings. The molecule has 1 aliphatic heterocycles. The average Bonchev–Trinajstić information content (AvgIpc) is 2.77. The fraction of sp³-hybridized carbons (Fsp3) is 0.385. The van der Waals surface area contributed by atoms with Crippen LogP contribution < -0.4 is 0 Å². The molecule has 1 N–H and O–H groups in total. The number of aliphatic carboxylic acids is 1. The molecule has 1 amide bonds. The monoisotopic (exact) mass is 311 g/mol. The Morgan fingerprint density at radius 2 is 2.17 bits per heavy atom. The molecule has 1 aromatic carbocycles. The summed E-state index contributed by atoms with van der Waals surface area (Å²) < 4.78 is 0.910. The van der Waals surface area contributed by atoms with E-state index in [4.69, 9.17) is 5.11 Å². The van der Waals surface area contributed by atoms with Crippen molar-refractivity contribution in [1.29, 1.82) is 0 Å². The highest BCUT2D eigenvalue weighted by molar-refractivity contribution is 9.10. The smallest absolute Gasteiger partial charge is 0.326 e. The quantitative estimate of drug-likeness (QED) is 0.912. The summed E-state index contributed by atoms with van der Waals surface area (Å²) in [4.78, 5) is 24.9. The minimum atomic E-state index is -0.921. The number of rotatable bonds is 2. The zero-order valence-corrected chi connectivity index (χ0v) is 11.6. The highest BCUT2D eigenvalue weighted by Gasteiger charge is 2.34. The number of halogens is 1. The number of benzene rings is 1. The predicted octanol–water partition coefficient (Wildman–Crippen LogP) is 2.45. The maximum Gasteiger partial charge on any atom is 0.326 e. The number of carbonyl (C=O) groups is 2. The number of amides is 1. The van der Waals surface area contributed by atoms with Gasteiger partial charge < -0.3 is 10.0 Å². The van der Waals surface area contributed by atoms with Crippen molar-refractivity contribution in [2.75, 3.05) is 6.54 Å². The van der Waals surface area contributed by atoms with Gasteiger partial charge in [-0.2, -0.15) is 0 Å². The van der Waals surface area contributed by atoms with E-state index in [9.17, 15) is 9.59 Å². The Morgan fingerprint density at radius 3 is 2.78 bits per heavy atom. The first kappa shape index (κ1) is 13.1. The van der Waals surface area contributed by atoms with Gasteiger partial charge in [-0.3, -0.25) is 4.79 Å². The average molecular weight is 312 g/mol. The standard InChI is InChI=1S/C13H14BrNO3/c1-8-7-9(14)4-5-10(8)12(16)15-6-2-3-11(15)13(17)18/h4-5,7,11H,2-3,6H2,1H3,(H,17,18)/t11-/m1/s1. The number of nitrogens with zero attached hydrogens (tertiary/aromatic N) is 1. The Labute approximate surface area is 114 Å².